The van der Waals surface area contributed by atoms with Crippen molar-refractivity contribution in [1.82, 2.24) is 9.97 Å². The summed E-state index contributed by atoms with van der Waals surface area (Å²) in [6.07, 6.45) is 3.54. The molecular weight excluding hydrogens is 290 g/mol. The highest BCUT2D eigenvalue weighted by atomic mass is 35.5. The molecule has 0 aliphatic heterocycles. The van der Waals surface area contributed by atoms with Crippen LogP contribution in [0, 0.1) is 0 Å². The number of imidazole rings is 1. The zero-order chi connectivity index (χ0) is 13.7. The van der Waals surface area contributed by atoms with Gasteiger partial charge < -0.3 is 10.7 Å². The van der Waals surface area contributed by atoms with Crippen molar-refractivity contribution in [3.63, 3.8) is 0 Å². The van der Waals surface area contributed by atoms with Crippen LogP contribution < -0.4 is 5.73 Å². The fraction of sp³-hybridized carbons (Fsp3) is 0.267. The lowest BCUT2D eigenvalue weighted by atomic mass is 9.87. The number of fused-ring (bicyclic) bond motifs is 2. The normalized spacial score (nSPS) is 18.4. The first kappa shape index (κ1) is 12.2. The van der Waals surface area contributed by atoms with Gasteiger partial charge in [0.05, 0.1) is 11.2 Å². The van der Waals surface area contributed by atoms with Gasteiger partial charge in [0.15, 0.2) is 0 Å². The molecule has 1 aliphatic rings. The average Bonchev–Trinajstić information content (AvgIpc) is 3.03. The summed E-state index contributed by atoms with van der Waals surface area (Å²) >= 11 is 7.91. The van der Waals surface area contributed by atoms with Gasteiger partial charge in [0.1, 0.15) is 11.3 Å². The van der Waals surface area contributed by atoms with E-state index in [4.69, 9.17) is 22.3 Å². The minimum atomic E-state index is 0.357. The van der Waals surface area contributed by atoms with Crippen molar-refractivity contribution in [1.29, 1.82) is 0 Å². The van der Waals surface area contributed by atoms with Crippen molar-refractivity contribution in [2.75, 3.05) is 5.73 Å². The van der Waals surface area contributed by atoms with E-state index >= 15 is 0 Å². The lowest BCUT2D eigenvalue weighted by Gasteiger charge is -2.20. The maximum absolute atomic E-state index is 6.06. The number of halogens is 1. The molecule has 4 rings (SSSR count). The Balaban J connectivity index is 1.86. The van der Waals surface area contributed by atoms with Crippen LogP contribution in [0.1, 0.15) is 35.0 Å². The molecule has 5 heteroatoms. The van der Waals surface area contributed by atoms with Crippen LogP contribution in [0.5, 0.6) is 0 Å². The lowest BCUT2D eigenvalue weighted by molar-refractivity contribution is 0.604. The molecule has 3 aromatic rings. The van der Waals surface area contributed by atoms with Gasteiger partial charge in [-0.3, -0.25) is 0 Å². The second-order valence-corrected chi connectivity index (χ2v) is 6.69. The highest BCUT2D eigenvalue weighted by Crippen LogP contribution is 2.39. The molecule has 2 aromatic heterocycles. The van der Waals surface area contributed by atoms with E-state index in [1.54, 1.807) is 6.07 Å². The number of nitrogens with zero attached hydrogens (tertiary/aromatic N) is 1. The van der Waals surface area contributed by atoms with Gasteiger partial charge in [-0.1, -0.05) is 11.6 Å². The number of nitrogens with two attached hydrogens (primary N) is 1. The second kappa shape index (κ2) is 4.50. The van der Waals surface area contributed by atoms with Gasteiger partial charge in [-0.05, 0) is 48.4 Å². The third kappa shape index (κ3) is 1.83. The number of hydrogen-bond donors (Lipinski definition) is 2. The summed E-state index contributed by atoms with van der Waals surface area (Å²) in [5.41, 5.74) is 9.82. The summed E-state index contributed by atoms with van der Waals surface area (Å²) in [7, 11) is 0. The van der Waals surface area contributed by atoms with E-state index in [2.05, 4.69) is 16.4 Å². The predicted octanol–water partition coefficient (Wildman–Crippen LogP) is 4.33. The van der Waals surface area contributed by atoms with Crippen molar-refractivity contribution in [3.8, 4) is 0 Å². The summed E-state index contributed by atoms with van der Waals surface area (Å²) in [6, 6.07) is 5.87. The molecule has 102 valence electrons. The van der Waals surface area contributed by atoms with Gasteiger partial charge in [-0.2, -0.15) is 0 Å². The molecular formula is C15H14ClN3S. The Morgan fingerprint density at radius 3 is 3.20 bits per heavy atom. The Morgan fingerprint density at radius 2 is 2.30 bits per heavy atom. The Kier molecular flexibility index (Phi) is 2.75. The molecule has 2 heterocycles. The molecule has 0 fully saturated rings. The quantitative estimate of drug-likeness (QED) is 0.657. The SMILES string of the molecule is Nc1cc(Cl)cc2[nH]c(C3CCCc4sccc43)nc12. The van der Waals surface area contributed by atoms with Crippen molar-refractivity contribution in [2.24, 2.45) is 0 Å². The van der Waals surface area contributed by atoms with Gasteiger partial charge >= 0.3 is 0 Å². The van der Waals surface area contributed by atoms with Crippen molar-refractivity contribution in [3.05, 3.63) is 44.9 Å². The Hall–Kier alpha value is -1.52. The Bertz CT molecular complexity index is 790. The summed E-state index contributed by atoms with van der Waals surface area (Å²) in [5.74, 6) is 1.36. The number of thiophene rings is 1. The summed E-state index contributed by atoms with van der Waals surface area (Å²) < 4.78 is 0. The molecule has 1 atom stereocenters. The zero-order valence-corrected chi connectivity index (χ0v) is 12.4. The molecule has 1 unspecified atom stereocenters. The van der Waals surface area contributed by atoms with Crippen LogP contribution in [0.4, 0.5) is 5.69 Å². The van der Waals surface area contributed by atoms with Crippen LogP contribution in [0.3, 0.4) is 0 Å². The highest BCUT2D eigenvalue weighted by molar-refractivity contribution is 7.10. The molecule has 3 N–H and O–H groups in total. The molecule has 0 saturated heterocycles. The Morgan fingerprint density at radius 1 is 1.40 bits per heavy atom. The van der Waals surface area contributed by atoms with Crippen LogP contribution in [-0.4, -0.2) is 9.97 Å². The lowest BCUT2D eigenvalue weighted by Crippen LogP contribution is -2.09. The first-order valence-corrected chi connectivity index (χ1v) is 7.99. The summed E-state index contributed by atoms with van der Waals surface area (Å²) in [5, 5.41) is 2.82. The first-order chi connectivity index (χ1) is 9.72. The number of hydrogen-bond acceptors (Lipinski definition) is 3. The van der Waals surface area contributed by atoms with Crippen LogP contribution in [0.25, 0.3) is 11.0 Å². The molecule has 0 bridgehead atoms. The number of benzene rings is 1. The molecule has 0 radical (unpaired) electrons. The third-order valence-electron chi connectivity index (χ3n) is 3.98. The fourth-order valence-corrected chi connectivity index (χ4v) is 4.28. The van der Waals surface area contributed by atoms with Crippen LogP contribution in [-0.2, 0) is 6.42 Å². The van der Waals surface area contributed by atoms with Crippen LogP contribution in [0.2, 0.25) is 5.02 Å². The highest BCUT2D eigenvalue weighted by Gasteiger charge is 2.25. The Labute approximate surface area is 125 Å². The zero-order valence-electron chi connectivity index (χ0n) is 10.8. The smallest absolute Gasteiger partial charge is 0.114 e. The van der Waals surface area contributed by atoms with Gasteiger partial charge in [0.25, 0.3) is 0 Å². The van der Waals surface area contributed by atoms with Gasteiger partial charge in [0.2, 0.25) is 0 Å². The third-order valence-corrected chi connectivity index (χ3v) is 5.20. The van der Waals surface area contributed by atoms with Crippen LogP contribution in [0.15, 0.2) is 23.6 Å². The summed E-state index contributed by atoms with van der Waals surface area (Å²) in [4.78, 5) is 9.62. The van der Waals surface area contributed by atoms with Crippen molar-refractivity contribution in [2.45, 2.75) is 25.2 Å². The fourth-order valence-electron chi connectivity index (χ4n) is 3.06. The van der Waals surface area contributed by atoms with E-state index in [-0.39, 0.29) is 0 Å². The maximum Gasteiger partial charge on any atom is 0.114 e. The molecule has 0 spiro atoms. The minimum absolute atomic E-state index is 0.357. The van der Waals surface area contributed by atoms with E-state index in [0.717, 1.165) is 23.3 Å². The predicted molar refractivity (Wildman–Crippen MR) is 84.6 cm³/mol. The van der Waals surface area contributed by atoms with E-state index in [0.29, 0.717) is 16.6 Å². The van der Waals surface area contributed by atoms with Crippen molar-refractivity contribution >= 4 is 39.7 Å². The molecule has 20 heavy (non-hydrogen) atoms. The van der Waals surface area contributed by atoms with Gasteiger partial charge in [0, 0.05) is 15.8 Å². The van der Waals surface area contributed by atoms with Crippen molar-refractivity contribution < 1.29 is 0 Å². The van der Waals surface area contributed by atoms with E-state index in [9.17, 15) is 0 Å². The summed E-state index contributed by atoms with van der Waals surface area (Å²) in [6.45, 7) is 0. The molecule has 1 aromatic carbocycles. The number of aromatic nitrogens is 2. The topological polar surface area (TPSA) is 54.7 Å². The maximum atomic E-state index is 6.06. The first-order valence-electron chi connectivity index (χ1n) is 6.73. The van der Waals surface area contributed by atoms with E-state index in [1.165, 1.54) is 23.3 Å². The number of aromatic amines is 1. The number of aryl methyl sites for hydroxylation is 1. The number of rotatable bonds is 1. The standard InChI is InChI=1S/C15H14ClN3S/c16-8-6-11(17)14-12(7-8)18-15(19-14)10-2-1-3-13-9(10)4-5-20-13/h4-7,10H,1-3,17H2,(H,18,19). The van der Waals surface area contributed by atoms with Gasteiger partial charge in [-0.15, -0.1) is 11.3 Å². The molecule has 1 aliphatic carbocycles. The van der Waals surface area contributed by atoms with E-state index < -0.39 is 0 Å². The number of anilines is 1. The van der Waals surface area contributed by atoms with Crippen LogP contribution >= 0.6 is 22.9 Å². The monoisotopic (exact) mass is 303 g/mol. The number of H-pyrrole nitrogens is 1. The average molecular weight is 304 g/mol. The molecule has 0 saturated carbocycles. The van der Waals surface area contributed by atoms with Gasteiger partial charge in [-0.25, -0.2) is 4.98 Å². The number of nitrogen functional groups attached to an aromatic ring is 1. The second-order valence-electron chi connectivity index (χ2n) is 5.26. The van der Waals surface area contributed by atoms with E-state index in [1.807, 2.05) is 17.4 Å². The molecule has 3 nitrogen and oxygen atoms in total. The molecule has 0 amide bonds. The number of nitrogens with one attached hydrogen (secondary N) is 1. The largest absolute Gasteiger partial charge is 0.397 e. The minimum Gasteiger partial charge on any atom is -0.397 e.